The Morgan fingerprint density at radius 2 is 1.63 bits per heavy atom. The van der Waals surface area contributed by atoms with Gasteiger partial charge in [0, 0.05) is 31.0 Å². The van der Waals surface area contributed by atoms with Crippen LogP contribution in [0.15, 0.2) is 48.5 Å². The van der Waals surface area contributed by atoms with Crippen molar-refractivity contribution in [1.29, 1.82) is 0 Å². The predicted molar refractivity (Wildman–Crippen MR) is 79.9 cm³/mol. The van der Waals surface area contributed by atoms with E-state index in [0.717, 1.165) is 16.9 Å². The van der Waals surface area contributed by atoms with Gasteiger partial charge < -0.3 is 10.2 Å². The van der Waals surface area contributed by atoms with Crippen LogP contribution in [0, 0.1) is 6.92 Å². The van der Waals surface area contributed by atoms with E-state index in [1.54, 1.807) is 0 Å². The van der Waals surface area contributed by atoms with Gasteiger partial charge in [0.1, 0.15) is 0 Å². The second-order valence-corrected chi connectivity index (χ2v) is 4.71. The highest BCUT2D eigenvalue weighted by atomic mass is 16.1. The van der Waals surface area contributed by atoms with Gasteiger partial charge in [-0.3, -0.25) is 4.79 Å². The maximum Gasteiger partial charge on any atom is 0.255 e. The van der Waals surface area contributed by atoms with Gasteiger partial charge in [0.05, 0.1) is 0 Å². The number of rotatable bonds is 3. The van der Waals surface area contributed by atoms with Gasteiger partial charge in [-0.2, -0.15) is 0 Å². The Bertz CT molecular complexity index is 574. The number of carbonyl (C=O) groups is 1. The number of hydrogen-bond acceptors (Lipinski definition) is 2. The molecule has 0 unspecified atom stereocenters. The summed E-state index contributed by atoms with van der Waals surface area (Å²) in [5.74, 6) is -0.0734. The van der Waals surface area contributed by atoms with Gasteiger partial charge >= 0.3 is 0 Å². The fourth-order valence-corrected chi connectivity index (χ4v) is 1.87. The number of anilines is 2. The fraction of sp³-hybridized carbons (Fsp3) is 0.188. The molecule has 2 aromatic carbocycles. The molecule has 2 rings (SSSR count). The van der Waals surface area contributed by atoms with Crippen LogP contribution in [-0.2, 0) is 0 Å². The van der Waals surface area contributed by atoms with Crippen LogP contribution in [0.2, 0.25) is 0 Å². The predicted octanol–water partition coefficient (Wildman–Crippen LogP) is 3.31. The van der Waals surface area contributed by atoms with E-state index in [4.69, 9.17) is 0 Å². The summed E-state index contributed by atoms with van der Waals surface area (Å²) in [6, 6.07) is 15.3. The highest BCUT2D eigenvalue weighted by Crippen LogP contribution is 2.17. The van der Waals surface area contributed by atoms with E-state index < -0.39 is 0 Å². The van der Waals surface area contributed by atoms with Crippen LogP contribution in [0.5, 0.6) is 0 Å². The van der Waals surface area contributed by atoms with Crippen molar-refractivity contribution >= 4 is 17.3 Å². The molecular formula is C16H18N2O. The molecule has 0 aliphatic rings. The number of amides is 1. The second-order valence-electron chi connectivity index (χ2n) is 4.71. The van der Waals surface area contributed by atoms with Gasteiger partial charge in [0.2, 0.25) is 0 Å². The molecule has 0 saturated heterocycles. The second kappa shape index (κ2) is 5.57. The first kappa shape index (κ1) is 13.1. The summed E-state index contributed by atoms with van der Waals surface area (Å²) >= 11 is 0. The summed E-state index contributed by atoms with van der Waals surface area (Å²) in [5, 5.41) is 2.91. The van der Waals surface area contributed by atoms with Gasteiger partial charge in [-0.05, 0) is 42.8 Å². The quantitative estimate of drug-likeness (QED) is 0.911. The average Bonchev–Trinajstić information content (AvgIpc) is 2.39. The van der Waals surface area contributed by atoms with E-state index in [0.29, 0.717) is 5.56 Å². The van der Waals surface area contributed by atoms with Crippen LogP contribution in [0.3, 0.4) is 0 Å². The van der Waals surface area contributed by atoms with E-state index in [-0.39, 0.29) is 5.91 Å². The number of nitrogens with zero attached hydrogens (tertiary/aromatic N) is 1. The molecule has 0 radical (unpaired) electrons. The molecule has 0 saturated carbocycles. The van der Waals surface area contributed by atoms with Crippen molar-refractivity contribution in [3.05, 3.63) is 59.7 Å². The van der Waals surface area contributed by atoms with Crippen molar-refractivity contribution in [3.63, 3.8) is 0 Å². The number of carbonyl (C=O) groups excluding carboxylic acids is 1. The number of benzene rings is 2. The largest absolute Gasteiger partial charge is 0.378 e. The molecule has 19 heavy (non-hydrogen) atoms. The first-order chi connectivity index (χ1) is 9.08. The van der Waals surface area contributed by atoms with E-state index >= 15 is 0 Å². The Morgan fingerprint density at radius 1 is 1.00 bits per heavy atom. The van der Waals surface area contributed by atoms with E-state index in [1.807, 2.05) is 74.4 Å². The molecule has 0 heterocycles. The monoisotopic (exact) mass is 254 g/mol. The summed E-state index contributed by atoms with van der Waals surface area (Å²) in [4.78, 5) is 14.2. The molecule has 1 N–H and O–H groups in total. The third-order valence-electron chi connectivity index (χ3n) is 3.03. The lowest BCUT2D eigenvalue weighted by Gasteiger charge is -2.13. The smallest absolute Gasteiger partial charge is 0.255 e. The standard InChI is InChI=1S/C16H18N2O/c1-12-6-4-5-7-15(12)16(19)17-13-8-10-14(11-9-13)18(2)3/h4-11H,1-3H3,(H,17,19). The number of hydrogen-bond donors (Lipinski definition) is 1. The minimum absolute atomic E-state index is 0.0734. The minimum atomic E-state index is -0.0734. The molecular weight excluding hydrogens is 236 g/mol. The molecule has 3 nitrogen and oxygen atoms in total. The Morgan fingerprint density at radius 3 is 2.21 bits per heavy atom. The van der Waals surface area contributed by atoms with Crippen molar-refractivity contribution in [2.45, 2.75) is 6.92 Å². The lowest BCUT2D eigenvalue weighted by molar-refractivity contribution is 0.102. The molecule has 0 spiro atoms. The number of aryl methyl sites for hydroxylation is 1. The topological polar surface area (TPSA) is 32.3 Å². The zero-order valence-corrected chi connectivity index (χ0v) is 11.5. The van der Waals surface area contributed by atoms with E-state index in [9.17, 15) is 4.79 Å². The van der Waals surface area contributed by atoms with Gasteiger partial charge in [0.15, 0.2) is 0 Å². The number of nitrogens with one attached hydrogen (secondary N) is 1. The molecule has 1 amide bonds. The Hall–Kier alpha value is -2.29. The summed E-state index contributed by atoms with van der Waals surface area (Å²) in [6.07, 6.45) is 0. The van der Waals surface area contributed by atoms with Crippen molar-refractivity contribution in [3.8, 4) is 0 Å². The Labute approximate surface area is 113 Å². The van der Waals surface area contributed by atoms with Crippen molar-refractivity contribution in [2.75, 3.05) is 24.3 Å². The maximum atomic E-state index is 12.1. The first-order valence-electron chi connectivity index (χ1n) is 6.22. The lowest BCUT2D eigenvalue weighted by Crippen LogP contribution is -2.13. The van der Waals surface area contributed by atoms with Crippen molar-refractivity contribution < 1.29 is 4.79 Å². The van der Waals surface area contributed by atoms with Crippen LogP contribution >= 0.6 is 0 Å². The molecule has 0 aliphatic heterocycles. The Balaban J connectivity index is 2.13. The Kier molecular flexibility index (Phi) is 3.85. The zero-order chi connectivity index (χ0) is 13.8. The fourth-order valence-electron chi connectivity index (χ4n) is 1.87. The molecule has 0 aliphatic carbocycles. The van der Waals surface area contributed by atoms with Crippen LogP contribution < -0.4 is 10.2 Å². The molecule has 0 fully saturated rings. The summed E-state index contributed by atoms with van der Waals surface area (Å²) in [7, 11) is 3.97. The minimum Gasteiger partial charge on any atom is -0.378 e. The molecule has 0 atom stereocenters. The SMILES string of the molecule is Cc1ccccc1C(=O)Nc1ccc(N(C)C)cc1. The van der Waals surface area contributed by atoms with Crippen molar-refractivity contribution in [2.24, 2.45) is 0 Å². The van der Waals surface area contributed by atoms with Crippen LogP contribution in [-0.4, -0.2) is 20.0 Å². The highest BCUT2D eigenvalue weighted by Gasteiger charge is 2.08. The normalized spacial score (nSPS) is 10.1. The third-order valence-corrected chi connectivity index (χ3v) is 3.03. The van der Waals surface area contributed by atoms with Gasteiger partial charge in [-0.1, -0.05) is 18.2 Å². The van der Waals surface area contributed by atoms with E-state index in [2.05, 4.69) is 5.32 Å². The van der Waals surface area contributed by atoms with Crippen molar-refractivity contribution in [1.82, 2.24) is 0 Å². The summed E-state index contributed by atoms with van der Waals surface area (Å²) in [5.41, 5.74) is 3.59. The third kappa shape index (κ3) is 3.13. The molecule has 2 aromatic rings. The first-order valence-corrected chi connectivity index (χ1v) is 6.22. The molecule has 0 bridgehead atoms. The zero-order valence-electron chi connectivity index (χ0n) is 11.5. The maximum absolute atomic E-state index is 12.1. The van der Waals surface area contributed by atoms with Gasteiger partial charge in [-0.25, -0.2) is 0 Å². The molecule has 0 aromatic heterocycles. The summed E-state index contributed by atoms with van der Waals surface area (Å²) < 4.78 is 0. The van der Waals surface area contributed by atoms with Gasteiger partial charge in [0.25, 0.3) is 5.91 Å². The molecule has 3 heteroatoms. The highest BCUT2D eigenvalue weighted by molar-refractivity contribution is 6.05. The van der Waals surface area contributed by atoms with Crippen LogP contribution in [0.25, 0.3) is 0 Å². The molecule has 98 valence electrons. The van der Waals surface area contributed by atoms with Crippen LogP contribution in [0.4, 0.5) is 11.4 Å². The van der Waals surface area contributed by atoms with Crippen LogP contribution in [0.1, 0.15) is 15.9 Å². The van der Waals surface area contributed by atoms with Gasteiger partial charge in [-0.15, -0.1) is 0 Å². The van der Waals surface area contributed by atoms with E-state index in [1.165, 1.54) is 0 Å². The summed E-state index contributed by atoms with van der Waals surface area (Å²) in [6.45, 7) is 1.93. The average molecular weight is 254 g/mol. The lowest BCUT2D eigenvalue weighted by atomic mass is 10.1.